The number of halogens is 1. The van der Waals surface area contributed by atoms with Gasteiger partial charge >= 0.3 is 0 Å². The molecule has 0 aliphatic carbocycles. The monoisotopic (exact) mass is 323 g/mol. The molecule has 7 heteroatoms. The zero-order valence-electron chi connectivity index (χ0n) is 12.3. The first-order chi connectivity index (χ1) is 9.10. The van der Waals surface area contributed by atoms with E-state index in [0.29, 0.717) is 31.1 Å². The van der Waals surface area contributed by atoms with Crippen LogP contribution in [-0.2, 0) is 9.59 Å². The number of thioether (sulfide) groups is 1. The second-order valence-corrected chi connectivity index (χ2v) is 6.07. The van der Waals surface area contributed by atoms with Crippen LogP contribution in [0.5, 0.6) is 0 Å². The topological polar surface area (TPSA) is 75.4 Å². The van der Waals surface area contributed by atoms with Crippen LogP contribution >= 0.6 is 24.2 Å². The maximum absolute atomic E-state index is 12.1. The fourth-order valence-corrected chi connectivity index (χ4v) is 3.03. The Bertz CT molecular complexity index is 318. The summed E-state index contributed by atoms with van der Waals surface area (Å²) < 4.78 is 0. The molecule has 0 bridgehead atoms. The van der Waals surface area contributed by atoms with Crippen LogP contribution < -0.4 is 11.1 Å². The number of nitrogens with two attached hydrogens (primary N) is 1. The van der Waals surface area contributed by atoms with Crippen molar-refractivity contribution < 1.29 is 9.59 Å². The predicted molar refractivity (Wildman–Crippen MR) is 86.0 cm³/mol. The summed E-state index contributed by atoms with van der Waals surface area (Å²) in [5, 5.41) is 2.89. The van der Waals surface area contributed by atoms with E-state index in [0.717, 1.165) is 12.8 Å². The molecule has 2 atom stereocenters. The standard InChI is InChI=1S/C13H25N3O2S.ClH/c1-3-4-5-12(17)16-9-19-8-11(16)13(18)15-7-10(2)6-14;/h10-11H,3-9,14H2,1-2H3,(H,15,18);1H. The van der Waals surface area contributed by atoms with Crippen LogP contribution in [0.3, 0.4) is 0 Å². The molecule has 0 aromatic rings. The van der Waals surface area contributed by atoms with E-state index in [1.54, 1.807) is 16.7 Å². The molecule has 1 saturated heterocycles. The van der Waals surface area contributed by atoms with E-state index in [2.05, 4.69) is 12.2 Å². The zero-order valence-corrected chi connectivity index (χ0v) is 13.9. The summed E-state index contributed by atoms with van der Waals surface area (Å²) in [7, 11) is 0. The van der Waals surface area contributed by atoms with Gasteiger partial charge in [-0.05, 0) is 18.9 Å². The van der Waals surface area contributed by atoms with Crippen LogP contribution in [-0.4, -0.2) is 47.5 Å². The highest BCUT2D eigenvalue weighted by molar-refractivity contribution is 7.99. The lowest BCUT2D eigenvalue weighted by Crippen LogP contribution is -2.48. The molecule has 20 heavy (non-hydrogen) atoms. The Labute approximate surface area is 131 Å². The van der Waals surface area contributed by atoms with E-state index in [1.165, 1.54) is 0 Å². The molecule has 2 amide bonds. The highest BCUT2D eigenvalue weighted by atomic mass is 35.5. The Balaban J connectivity index is 0.00000361. The van der Waals surface area contributed by atoms with Crippen molar-refractivity contribution in [1.29, 1.82) is 0 Å². The van der Waals surface area contributed by atoms with Gasteiger partial charge in [0.1, 0.15) is 6.04 Å². The van der Waals surface area contributed by atoms with Crippen molar-refractivity contribution in [2.24, 2.45) is 11.7 Å². The van der Waals surface area contributed by atoms with Gasteiger partial charge in [0.15, 0.2) is 0 Å². The molecule has 1 heterocycles. The number of amides is 2. The average Bonchev–Trinajstić information content (AvgIpc) is 2.91. The third kappa shape index (κ3) is 5.89. The van der Waals surface area contributed by atoms with Crippen molar-refractivity contribution in [2.45, 2.75) is 39.2 Å². The molecule has 5 nitrogen and oxygen atoms in total. The number of carbonyl (C=O) groups excluding carboxylic acids is 2. The van der Waals surface area contributed by atoms with Gasteiger partial charge in [-0.2, -0.15) is 0 Å². The van der Waals surface area contributed by atoms with Gasteiger partial charge in [-0.1, -0.05) is 20.3 Å². The number of hydrogen-bond acceptors (Lipinski definition) is 4. The van der Waals surface area contributed by atoms with Crippen molar-refractivity contribution in [3.05, 3.63) is 0 Å². The SMILES string of the molecule is CCCCC(=O)N1CSCC1C(=O)NCC(C)CN.Cl. The number of unbranched alkanes of at least 4 members (excludes halogenated alkanes) is 1. The molecule has 0 aromatic heterocycles. The lowest BCUT2D eigenvalue weighted by atomic mass is 10.1. The van der Waals surface area contributed by atoms with Crippen molar-refractivity contribution >= 4 is 36.0 Å². The van der Waals surface area contributed by atoms with Gasteiger partial charge in [0, 0.05) is 18.7 Å². The molecule has 1 aliphatic heterocycles. The molecule has 1 fully saturated rings. The molecule has 1 aliphatic rings. The minimum Gasteiger partial charge on any atom is -0.354 e. The Morgan fingerprint density at radius 3 is 2.80 bits per heavy atom. The maximum atomic E-state index is 12.1. The first-order valence-corrected chi connectivity index (χ1v) is 8.10. The summed E-state index contributed by atoms with van der Waals surface area (Å²) in [4.78, 5) is 25.8. The van der Waals surface area contributed by atoms with Crippen molar-refractivity contribution in [2.75, 3.05) is 24.7 Å². The van der Waals surface area contributed by atoms with Crippen LogP contribution in [0.15, 0.2) is 0 Å². The molecule has 1 rings (SSSR count). The van der Waals surface area contributed by atoms with Crippen molar-refractivity contribution in [3.63, 3.8) is 0 Å². The summed E-state index contributed by atoms with van der Waals surface area (Å²) in [6.45, 7) is 5.19. The summed E-state index contributed by atoms with van der Waals surface area (Å²) in [6, 6.07) is -0.306. The highest BCUT2D eigenvalue weighted by Gasteiger charge is 2.33. The van der Waals surface area contributed by atoms with Gasteiger partial charge in [0.05, 0.1) is 5.88 Å². The number of nitrogens with zero attached hydrogens (tertiary/aromatic N) is 1. The molecular formula is C13H26ClN3O2S. The largest absolute Gasteiger partial charge is 0.354 e. The minimum atomic E-state index is -0.306. The molecule has 0 spiro atoms. The third-order valence-electron chi connectivity index (χ3n) is 3.28. The first kappa shape index (κ1) is 19.5. The normalized spacial score (nSPS) is 19.4. The van der Waals surface area contributed by atoms with Gasteiger partial charge in [-0.3, -0.25) is 9.59 Å². The maximum Gasteiger partial charge on any atom is 0.243 e. The molecule has 118 valence electrons. The van der Waals surface area contributed by atoms with E-state index in [9.17, 15) is 9.59 Å². The molecule has 0 radical (unpaired) electrons. The Morgan fingerprint density at radius 1 is 1.50 bits per heavy atom. The first-order valence-electron chi connectivity index (χ1n) is 6.95. The molecule has 0 saturated carbocycles. The Morgan fingerprint density at radius 2 is 2.20 bits per heavy atom. The number of rotatable bonds is 7. The Hall–Kier alpha value is -0.460. The quantitative estimate of drug-likeness (QED) is 0.738. The summed E-state index contributed by atoms with van der Waals surface area (Å²) in [5.74, 6) is 1.64. The van der Waals surface area contributed by atoms with Gasteiger partial charge < -0.3 is 16.0 Å². The van der Waals surface area contributed by atoms with Gasteiger partial charge in [0.25, 0.3) is 0 Å². The van der Waals surface area contributed by atoms with Crippen LogP contribution in [0, 0.1) is 5.92 Å². The number of hydrogen-bond donors (Lipinski definition) is 2. The fourth-order valence-electron chi connectivity index (χ4n) is 1.85. The van der Waals surface area contributed by atoms with Crippen LogP contribution in [0.1, 0.15) is 33.1 Å². The zero-order chi connectivity index (χ0) is 14.3. The Kier molecular flexibility index (Phi) is 10.1. The van der Waals surface area contributed by atoms with Gasteiger partial charge in [-0.25, -0.2) is 0 Å². The molecular weight excluding hydrogens is 298 g/mol. The van der Waals surface area contributed by atoms with Gasteiger partial charge in [0.2, 0.25) is 11.8 Å². The van der Waals surface area contributed by atoms with Crippen LogP contribution in [0.4, 0.5) is 0 Å². The fraction of sp³-hybridized carbons (Fsp3) is 0.846. The van der Waals surface area contributed by atoms with Gasteiger partial charge in [-0.15, -0.1) is 24.2 Å². The lowest BCUT2D eigenvalue weighted by molar-refractivity contribution is -0.138. The molecule has 2 unspecified atom stereocenters. The molecule has 3 N–H and O–H groups in total. The predicted octanol–water partition coefficient (Wildman–Crippen LogP) is 1.21. The smallest absolute Gasteiger partial charge is 0.243 e. The highest BCUT2D eigenvalue weighted by Crippen LogP contribution is 2.22. The second kappa shape index (κ2) is 10.3. The third-order valence-corrected chi connectivity index (χ3v) is 4.29. The second-order valence-electron chi connectivity index (χ2n) is 5.07. The van der Waals surface area contributed by atoms with Crippen LogP contribution in [0.25, 0.3) is 0 Å². The van der Waals surface area contributed by atoms with E-state index in [-0.39, 0.29) is 36.2 Å². The van der Waals surface area contributed by atoms with Crippen molar-refractivity contribution in [1.82, 2.24) is 10.2 Å². The van der Waals surface area contributed by atoms with Crippen molar-refractivity contribution in [3.8, 4) is 0 Å². The number of nitrogens with one attached hydrogen (secondary N) is 1. The van der Waals surface area contributed by atoms with E-state index >= 15 is 0 Å². The lowest BCUT2D eigenvalue weighted by Gasteiger charge is -2.23. The van der Waals surface area contributed by atoms with E-state index < -0.39 is 0 Å². The summed E-state index contributed by atoms with van der Waals surface area (Å²) >= 11 is 1.64. The minimum absolute atomic E-state index is 0. The summed E-state index contributed by atoms with van der Waals surface area (Å²) in [5.41, 5.74) is 5.52. The van der Waals surface area contributed by atoms with Crippen LogP contribution in [0.2, 0.25) is 0 Å². The average molecular weight is 324 g/mol. The molecule has 0 aromatic carbocycles. The summed E-state index contributed by atoms with van der Waals surface area (Å²) in [6.07, 6.45) is 2.43. The van der Waals surface area contributed by atoms with E-state index in [1.807, 2.05) is 6.92 Å². The van der Waals surface area contributed by atoms with E-state index in [4.69, 9.17) is 5.73 Å². The number of carbonyl (C=O) groups is 2.